The maximum Gasteiger partial charge on any atom is 0.234 e. The third-order valence-corrected chi connectivity index (χ3v) is 3.49. The number of benzene rings is 1. The van der Waals surface area contributed by atoms with Crippen LogP contribution in [0.4, 0.5) is 0 Å². The lowest BCUT2D eigenvalue weighted by molar-refractivity contribution is -0.119. The zero-order chi connectivity index (χ0) is 13.8. The quantitative estimate of drug-likeness (QED) is 0.880. The molecule has 5 nitrogen and oxygen atoms in total. The number of hydrogen-bond acceptors (Lipinski definition) is 4. The summed E-state index contributed by atoms with van der Waals surface area (Å²) in [6.07, 6.45) is 0.868. The van der Waals surface area contributed by atoms with E-state index in [9.17, 15) is 4.79 Å². The zero-order valence-electron chi connectivity index (χ0n) is 10.7. The molecule has 1 heterocycles. The van der Waals surface area contributed by atoms with Crippen LogP contribution in [0.5, 0.6) is 11.5 Å². The molecule has 0 fully saturated rings. The fourth-order valence-corrected chi connectivity index (χ4v) is 2.36. The van der Waals surface area contributed by atoms with Gasteiger partial charge in [-0.1, -0.05) is 0 Å². The van der Waals surface area contributed by atoms with Crippen LogP contribution >= 0.6 is 15.9 Å². The highest BCUT2D eigenvalue weighted by molar-refractivity contribution is 9.10. The minimum absolute atomic E-state index is 0.366. The van der Waals surface area contributed by atoms with E-state index in [0.717, 1.165) is 28.0 Å². The van der Waals surface area contributed by atoms with Crippen LogP contribution < -0.4 is 20.5 Å². The van der Waals surface area contributed by atoms with E-state index in [1.54, 1.807) is 6.92 Å². The second-order valence-corrected chi connectivity index (χ2v) is 5.31. The summed E-state index contributed by atoms with van der Waals surface area (Å²) in [6.45, 7) is 3.58. The molecule has 1 aliphatic heterocycles. The molecule has 0 aromatic heterocycles. The summed E-state index contributed by atoms with van der Waals surface area (Å²) in [5, 5.41) is 3.06. The van der Waals surface area contributed by atoms with Gasteiger partial charge in [0.1, 0.15) is 0 Å². The largest absolute Gasteiger partial charge is 0.490 e. The first-order chi connectivity index (χ1) is 9.08. The van der Waals surface area contributed by atoms with Crippen LogP contribution in [0.15, 0.2) is 16.6 Å². The molecule has 1 aliphatic rings. The SMILES string of the molecule is CC(NCc1cc(Br)c2c(c1)OCCCO2)C(N)=O. The molecule has 2 rings (SSSR count). The average Bonchev–Trinajstić information content (AvgIpc) is 2.61. The van der Waals surface area contributed by atoms with E-state index in [2.05, 4.69) is 21.2 Å². The monoisotopic (exact) mass is 328 g/mol. The molecule has 0 saturated carbocycles. The van der Waals surface area contributed by atoms with Gasteiger partial charge in [0.05, 0.1) is 23.7 Å². The van der Waals surface area contributed by atoms with Gasteiger partial charge in [-0.2, -0.15) is 0 Å². The van der Waals surface area contributed by atoms with Gasteiger partial charge in [-0.3, -0.25) is 4.79 Å². The summed E-state index contributed by atoms with van der Waals surface area (Å²) >= 11 is 3.48. The molecule has 1 unspecified atom stereocenters. The van der Waals surface area contributed by atoms with Crippen molar-refractivity contribution in [1.29, 1.82) is 0 Å². The Bertz CT molecular complexity index is 479. The predicted octanol–water partition coefficient (Wildman–Crippen LogP) is 1.57. The Morgan fingerprint density at radius 3 is 2.95 bits per heavy atom. The second-order valence-electron chi connectivity index (χ2n) is 4.46. The van der Waals surface area contributed by atoms with Crippen LogP contribution in [-0.2, 0) is 11.3 Å². The average molecular weight is 329 g/mol. The van der Waals surface area contributed by atoms with Crippen LogP contribution in [0.1, 0.15) is 18.9 Å². The molecule has 1 atom stereocenters. The van der Waals surface area contributed by atoms with E-state index < -0.39 is 0 Å². The minimum Gasteiger partial charge on any atom is -0.490 e. The van der Waals surface area contributed by atoms with Crippen LogP contribution in [0.25, 0.3) is 0 Å². The van der Waals surface area contributed by atoms with E-state index in [1.807, 2.05) is 12.1 Å². The molecule has 104 valence electrons. The highest BCUT2D eigenvalue weighted by Crippen LogP contribution is 2.38. The first-order valence-corrected chi connectivity index (χ1v) is 6.98. The topological polar surface area (TPSA) is 73.6 Å². The third kappa shape index (κ3) is 3.61. The Hall–Kier alpha value is -1.27. The van der Waals surface area contributed by atoms with Crippen molar-refractivity contribution in [2.24, 2.45) is 5.73 Å². The number of rotatable bonds is 4. The number of primary amides is 1. The highest BCUT2D eigenvalue weighted by atomic mass is 79.9. The summed E-state index contributed by atoms with van der Waals surface area (Å²) in [7, 11) is 0. The molecular formula is C13H17BrN2O3. The number of ether oxygens (including phenoxy) is 2. The summed E-state index contributed by atoms with van der Waals surface area (Å²) in [5.74, 6) is 1.10. The van der Waals surface area contributed by atoms with E-state index in [0.29, 0.717) is 19.8 Å². The molecular weight excluding hydrogens is 312 g/mol. The van der Waals surface area contributed by atoms with Gasteiger partial charge in [0, 0.05) is 13.0 Å². The van der Waals surface area contributed by atoms with Crippen molar-refractivity contribution in [2.45, 2.75) is 25.9 Å². The van der Waals surface area contributed by atoms with E-state index in [-0.39, 0.29) is 11.9 Å². The molecule has 1 amide bonds. The summed E-state index contributed by atoms with van der Waals surface area (Å²) in [4.78, 5) is 11.0. The van der Waals surface area contributed by atoms with Crippen LogP contribution in [-0.4, -0.2) is 25.2 Å². The Morgan fingerprint density at radius 1 is 1.47 bits per heavy atom. The van der Waals surface area contributed by atoms with Gasteiger partial charge in [0.25, 0.3) is 0 Å². The van der Waals surface area contributed by atoms with Gasteiger partial charge in [-0.25, -0.2) is 0 Å². The molecule has 6 heteroatoms. The maximum absolute atomic E-state index is 11.0. The summed E-state index contributed by atoms with van der Waals surface area (Å²) in [5.41, 5.74) is 6.21. The van der Waals surface area contributed by atoms with E-state index in [4.69, 9.17) is 15.2 Å². The Kier molecular flexibility index (Phi) is 4.66. The molecule has 3 N–H and O–H groups in total. The molecule has 0 spiro atoms. The molecule has 1 aromatic carbocycles. The maximum atomic E-state index is 11.0. The smallest absolute Gasteiger partial charge is 0.234 e. The van der Waals surface area contributed by atoms with Gasteiger partial charge >= 0.3 is 0 Å². The van der Waals surface area contributed by atoms with Crippen LogP contribution in [0.3, 0.4) is 0 Å². The zero-order valence-corrected chi connectivity index (χ0v) is 12.3. The summed E-state index contributed by atoms with van der Waals surface area (Å²) < 4.78 is 12.1. The van der Waals surface area contributed by atoms with Crippen molar-refractivity contribution >= 4 is 21.8 Å². The lowest BCUT2D eigenvalue weighted by Crippen LogP contribution is -2.38. The normalized spacial score (nSPS) is 15.7. The van der Waals surface area contributed by atoms with Gasteiger partial charge in [0.2, 0.25) is 5.91 Å². The van der Waals surface area contributed by atoms with E-state index >= 15 is 0 Å². The van der Waals surface area contributed by atoms with Crippen molar-refractivity contribution < 1.29 is 14.3 Å². The fourth-order valence-electron chi connectivity index (χ4n) is 1.76. The number of amides is 1. The van der Waals surface area contributed by atoms with Crippen molar-refractivity contribution in [3.63, 3.8) is 0 Å². The molecule has 0 saturated heterocycles. The number of halogens is 1. The van der Waals surface area contributed by atoms with Crippen molar-refractivity contribution in [3.8, 4) is 11.5 Å². The minimum atomic E-state index is -0.367. The number of nitrogens with one attached hydrogen (secondary N) is 1. The molecule has 0 bridgehead atoms. The lowest BCUT2D eigenvalue weighted by atomic mass is 10.2. The molecule has 0 aliphatic carbocycles. The van der Waals surface area contributed by atoms with E-state index in [1.165, 1.54) is 0 Å². The number of fused-ring (bicyclic) bond motifs is 1. The van der Waals surface area contributed by atoms with Gasteiger partial charge < -0.3 is 20.5 Å². The predicted molar refractivity (Wildman–Crippen MR) is 75.2 cm³/mol. The fraction of sp³-hybridized carbons (Fsp3) is 0.462. The Labute approximate surface area is 120 Å². The third-order valence-electron chi connectivity index (χ3n) is 2.90. The first-order valence-electron chi connectivity index (χ1n) is 6.18. The highest BCUT2D eigenvalue weighted by Gasteiger charge is 2.16. The van der Waals surface area contributed by atoms with Gasteiger partial charge in [0.15, 0.2) is 11.5 Å². The van der Waals surface area contributed by atoms with Gasteiger partial charge in [-0.15, -0.1) is 0 Å². The van der Waals surface area contributed by atoms with Crippen LogP contribution in [0, 0.1) is 0 Å². The number of carbonyl (C=O) groups excluding carboxylic acids is 1. The Morgan fingerprint density at radius 2 is 2.21 bits per heavy atom. The number of hydrogen-bond donors (Lipinski definition) is 2. The number of nitrogens with two attached hydrogens (primary N) is 1. The standard InChI is InChI=1S/C13H17BrN2O3/c1-8(13(15)17)16-7-9-5-10(14)12-11(6-9)18-3-2-4-19-12/h5-6,8,16H,2-4,7H2,1H3,(H2,15,17). The van der Waals surface area contributed by atoms with Crippen molar-refractivity contribution in [3.05, 3.63) is 22.2 Å². The number of carbonyl (C=O) groups is 1. The van der Waals surface area contributed by atoms with Crippen molar-refractivity contribution in [2.75, 3.05) is 13.2 Å². The lowest BCUT2D eigenvalue weighted by Gasteiger charge is -2.14. The summed E-state index contributed by atoms with van der Waals surface area (Å²) in [6, 6.07) is 3.51. The van der Waals surface area contributed by atoms with Gasteiger partial charge in [-0.05, 0) is 40.5 Å². The molecule has 19 heavy (non-hydrogen) atoms. The Balaban J connectivity index is 2.12. The second kappa shape index (κ2) is 6.25. The first kappa shape index (κ1) is 14.1. The van der Waals surface area contributed by atoms with Crippen molar-refractivity contribution in [1.82, 2.24) is 5.32 Å². The molecule has 1 aromatic rings. The molecule has 0 radical (unpaired) electrons. The van der Waals surface area contributed by atoms with Crippen LogP contribution in [0.2, 0.25) is 0 Å².